The molecule has 2 aromatic rings. The number of likely N-dealkylation sites (N-methyl/N-ethyl adjacent to an activating group) is 1. The number of aromatic nitrogens is 1. The number of benzene rings is 1. The molecule has 2 heterocycles. The van der Waals surface area contributed by atoms with E-state index >= 15 is 4.39 Å². The van der Waals surface area contributed by atoms with Crippen LogP contribution in [0.5, 0.6) is 0 Å². The Balaban J connectivity index is 2.27. The van der Waals surface area contributed by atoms with Crippen molar-refractivity contribution in [2.75, 3.05) is 38.3 Å². The van der Waals surface area contributed by atoms with Gasteiger partial charge in [-0.3, -0.25) is 4.79 Å². The molecule has 1 saturated heterocycles. The highest BCUT2D eigenvalue weighted by Crippen LogP contribution is 2.31. The first-order chi connectivity index (χ1) is 12.8. The Labute approximate surface area is 153 Å². The molecule has 27 heavy (non-hydrogen) atoms. The van der Waals surface area contributed by atoms with E-state index in [0.717, 1.165) is 16.8 Å². The molecule has 0 radical (unpaired) electrons. The smallest absolute Gasteiger partial charge is 0.341 e. The molecule has 0 amide bonds. The molecule has 6 nitrogen and oxygen atoms in total. The Morgan fingerprint density at radius 2 is 2.04 bits per heavy atom. The van der Waals surface area contributed by atoms with Gasteiger partial charge in [0.2, 0.25) is 5.43 Å². The van der Waals surface area contributed by atoms with Gasteiger partial charge in [-0.1, -0.05) is 0 Å². The zero-order valence-corrected chi connectivity index (χ0v) is 15.0. The second-order valence-corrected chi connectivity index (χ2v) is 6.75. The van der Waals surface area contributed by atoms with Gasteiger partial charge < -0.3 is 19.5 Å². The van der Waals surface area contributed by atoms with Gasteiger partial charge in [0.1, 0.15) is 23.7 Å². The van der Waals surface area contributed by atoms with Crippen molar-refractivity contribution in [3.8, 4) is 0 Å². The second kappa shape index (κ2) is 7.22. The molecular weight excluding hydrogens is 363 g/mol. The van der Waals surface area contributed by atoms with Crippen LogP contribution in [0.25, 0.3) is 10.9 Å². The van der Waals surface area contributed by atoms with E-state index in [1.54, 1.807) is 4.90 Å². The van der Waals surface area contributed by atoms with Crippen molar-refractivity contribution in [2.24, 2.45) is 0 Å². The molecular formula is C18H20F3N3O3. The van der Waals surface area contributed by atoms with E-state index < -0.39 is 40.7 Å². The van der Waals surface area contributed by atoms with Gasteiger partial charge in [-0.15, -0.1) is 0 Å². The number of aryl methyl sites for hydroxylation is 1. The van der Waals surface area contributed by atoms with Gasteiger partial charge in [0.25, 0.3) is 0 Å². The fourth-order valence-electron chi connectivity index (χ4n) is 3.44. The van der Waals surface area contributed by atoms with Gasteiger partial charge in [-0.05, 0) is 20.0 Å². The van der Waals surface area contributed by atoms with E-state index in [1.165, 1.54) is 0 Å². The van der Waals surface area contributed by atoms with Gasteiger partial charge in [0.15, 0.2) is 5.82 Å². The van der Waals surface area contributed by atoms with Crippen LogP contribution in [0.15, 0.2) is 17.1 Å². The fourth-order valence-corrected chi connectivity index (χ4v) is 3.44. The highest BCUT2D eigenvalue weighted by molar-refractivity contribution is 5.93. The van der Waals surface area contributed by atoms with Crippen LogP contribution in [0.4, 0.5) is 18.9 Å². The summed E-state index contributed by atoms with van der Waals surface area (Å²) in [5.74, 6) is -3.46. The van der Waals surface area contributed by atoms with Crippen LogP contribution in [-0.2, 0) is 6.54 Å². The predicted molar refractivity (Wildman–Crippen MR) is 95.4 cm³/mol. The Bertz CT molecular complexity index is 960. The van der Waals surface area contributed by atoms with Crippen LogP contribution in [0.2, 0.25) is 0 Å². The molecule has 0 spiro atoms. The topological polar surface area (TPSA) is 65.8 Å². The van der Waals surface area contributed by atoms with Crippen LogP contribution in [0.1, 0.15) is 17.3 Å². The molecule has 1 N–H and O–H groups in total. The Hall–Kier alpha value is -2.55. The van der Waals surface area contributed by atoms with Gasteiger partial charge in [0, 0.05) is 31.9 Å². The van der Waals surface area contributed by atoms with Crippen molar-refractivity contribution in [3.63, 3.8) is 0 Å². The van der Waals surface area contributed by atoms with E-state index in [9.17, 15) is 18.4 Å². The van der Waals surface area contributed by atoms with Crippen molar-refractivity contribution < 1.29 is 23.1 Å². The van der Waals surface area contributed by atoms with Gasteiger partial charge >= 0.3 is 5.97 Å². The Morgan fingerprint density at radius 1 is 1.33 bits per heavy atom. The van der Waals surface area contributed by atoms with Crippen molar-refractivity contribution in [1.29, 1.82) is 0 Å². The van der Waals surface area contributed by atoms with Crippen molar-refractivity contribution in [2.45, 2.75) is 19.5 Å². The molecule has 0 saturated carbocycles. The molecule has 1 unspecified atom stereocenters. The van der Waals surface area contributed by atoms with Gasteiger partial charge in [-0.2, -0.15) is 0 Å². The number of pyridine rings is 1. The minimum absolute atomic E-state index is 0.0654. The first kappa shape index (κ1) is 19.2. The van der Waals surface area contributed by atoms with Crippen molar-refractivity contribution in [1.82, 2.24) is 9.47 Å². The van der Waals surface area contributed by atoms with E-state index in [0.29, 0.717) is 19.6 Å². The lowest BCUT2D eigenvalue weighted by molar-refractivity contribution is 0.0694. The standard InChI is InChI=1S/C18H20F3N3O3/c1-10-8-24(6-5-22(10)2)16-13(20)7-11-15(14(16)21)23(4-3-19)9-12(17(11)25)18(26)27/h7,9-10H,3-6,8H2,1-2H3,(H,26,27). The van der Waals surface area contributed by atoms with Crippen LogP contribution in [0.3, 0.4) is 0 Å². The van der Waals surface area contributed by atoms with E-state index in [2.05, 4.69) is 4.90 Å². The summed E-state index contributed by atoms with van der Waals surface area (Å²) >= 11 is 0. The molecule has 1 aromatic heterocycles. The SMILES string of the molecule is CC1CN(c2c(F)cc3c(=O)c(C(=O)O)cn(CCF)c3c2F)CCN1C. The van der Waals surface area contributed by atoms with Gasteiger partial charge in [-0.25, -0.2) is 18.0 Å². The van der Waals surface area contributed by atoms with E-state index in [4.69, 9.17) is 5.11 Å². The fraction of sp³-hybridized carbons (Fsp3) is 0.444. The van der Waals surface area contributed by atoms with E-state index in [1.807, 2.05) is 14.0 Å². The number of carboxylic acid groups (broad SMARTS) is 1. The maximum atomic E-state index is 15.3. The highest BCUT2D eigenvalue weighted by atomic mass is 19.1. The maximum Gasteiger partial charge on any atom is 0.341 e. The second-order valence-electron chi connectivity index (χ2n) is 6.75. The lowest BCUT2D eigenvalue weighted by Gasteiger charge is -2.39. The third-order valence-corrected chi connectivity index (χ3v) is 5.06. The molecule has 1 aliphatic rings. The molecule has 3 rings (SSSR count). The maximum absolute atomic E-state index is 15.3. The summed E-state index contributed by atoms with van der Waals surface area (Å²) in [6.45, 7) is 2.07. The minimum Gasteiger partial charge on any atom is -0.477 e. The average molecular weight is 383 g/mol. The normalized spacial score (nSPS) is 18.3. The zero-order chi connectivity index (χ0) is 19.9. The Kier molecular flexibility index (Phi) is 5.14. The van der Waals surface area contributed by atoms with Crippen LogP contribution >= 0.6 is 0 Å². The number of hydrogen-bond acceptors (Lipinski definition) is 4. The first-order valence-electron chi connectivity index (χ1n) is 8.55. The van der Waals surface area contributed by atoms with E-state index in [-0.39, 0.29) is 23.8 Å². The van der Waals surface area contributed by atoms with Gasteiger partial charge in [0.05, 0.1) is 17.4 Å². The molecule has 9 heteroatoms. The largest absolute Gasteiger partial charge is 0.477 e. The average Bonchev–Trinajstić information content (AvgIpc) is 2.60. The molecule has 1 aliphatic heterocycles. The number of fused-ring (bicyclic) bond motifs is 1. The number of piperazine rings is 1. The third kappa shape index (κ3) is 3.27. The molecule has 0 bridgehead atoms. The quantitative estimate of drug-likeness (QED) is 0.876. The number of carbonyl (C=O) groups is 1. The summed E-state index contributed by atoms with van der Waals surface area (Å²) in [7, 11) is 1.92. The number of carboxylic acids is 1. The molecule has 1 fully saturated rings. The van der Waals surface area contributed by atoms with Crippen LogP contribution in [0, 0.1) is 11.6 Å². The number of nitrogens with zero attached hydrogens (tertiary/aromatic N) is 3. The lowest BCUT2D eigenvalue weighted by Crippen LogP contribution is -2.50. The number of aromatic carboxylic acids is 1. The third-order valence-electron chi connectivity index (χ3n) is 5.06. The van der Waals surface area contributed by atoms with Crippen molar-refractivity contribution >= 4 is 22.6 Å². The summed E-state index contributed by atoms with van der Waals surface area (Å²) in [5, 5.41) is 8.75. The summed E-state index contributed by atoms with van der Waals surface area (Å²) in [6, 6.07) is 0.913. The summed E-state index contributed by atoms with van der Waals surface area (Å²) in [5.41, 5.74) is -2.22. The Morgan fingerprint density at radius 3 is 2.63 bits per heavy atom. The number of anilines is 1. The summed E-state index contributed by atoms with van der Waals surface area (Å²) in [4.78, 5) is 27.3. The number of halogens is 3. The predicted octanol–water partition coefficient (Wildman–Crippen LogP) is 2.09. The highest BCUT2D eigenvalue weighted by Gasteiger charge is 2.28. The molecule has 1 atom stereocenters. The first-order valence-corrected chi connectivity index (χ1v) is 8.55. The molecule has 0 aliphatic carbocycles. The monoisotopic (exact) mass is 383 g/mol. The van der Waals surface area contributed by atoms with Crippen LogP contribution in [-0.4, -0.2) is 59.9 Å². The molecule has 146 valence electrons. The number of alkyl halides is 1. The number of rotatable bonds is 4. The van der Waals surface area contributed by atoms with Crippen LogP contribution < -0.4 is 10.3 Å². The van der Waals surface area contributed by atoms with Crippen molar-refractivity contribution in [3.05, 3.63) is 39.7 Å². The summed E-state index contributed by atoms with van der Waals surface area (Å²) < 4.78 is 44.0. The lowest BCUT2D eigenvalue weighted by atomic mass is 10.1. The zero-order valence-electron chi connectivity index (χ0n) is 15.0. The summed E-state index contributed by atoms with van der Waals surface area (Å²) in [6.07, 6.45) is 0.907. The number of hydrogen-bond donors (Lipinski definition) is 1. The molecule has 1 aromatic carbocycles. The minimum atomic E-state index is -1.53.